The van der Waals surface area contributed by atoms with E-state index in [0.717, 1.165) is 6.07 Å². The molecule has 10 heteroatoms. The van der Waals surface area contributed by atoms with E-state index in [-0.39, 0.29) is 34.6 Å². The van der Waals surface area contributed by atoms with E-state index >= 15 is 0 Å². The highest BCUT2D eigenvalue weighted by atomic mass is 19.4. The molecule has 0 aliphatic heterocycles. The summed E-state index contributed by atoms with van der Waals surface area (Å²) in [6.45, 7) is 1.43. The average molecular weight is 452 g/mol. The molecule has 3 rings (SSSR count). The molecule has 0 aliphatic rings. The summed E-state index contributed by atoms with van der Waals surface area (Å²) < 4.78 is 58.6. The van der Waals surface area contributed by atoms with Gasteiger partial charge < -0.3 is 19.7 Å². The average Bonchev–Trinajstić information content (AvgIpc) is 2.73. The number of fused-ring (bicyclic) bond motifs is 1. The zero-order chi connectivity index (χ0) is 23.6. The van der Waals surface area contributed by atoms with E-state index in [1.165, 1.54) is 30.0 Å². The number of aliphatic hydroxyl groups is 1. The molecule has 3 aromatic rings. The molecule has 1 amide bonds. The van der Waals surface area contributed by atoms with Gasteiger partial charge in [0.1, 0.15) is 11.6 Å². The lowest BCUT2D eigenvalue weighted by molar-refractivity contribution is -0.140. The fourth-order valence-corrected chi connectivity index (χ4v) is 3.32. The van der Waals surface area contributed by atoms with Gasteiger partial charge in [0, 0.05) is 17.0 Å². The summed E-state index contributed by atoms with van der Waals surface area (Å²) in [7, 11) is 1.37. The molecule has 6 nitrogen and oxygen atoms in total. The number of carbonyl (C=O) groups is 1. The summed E-state index contributed by atoms with van der Waals surface area (Å²) in [6, 6.07) is 6.42. The number of aromatic nitrogens is 1. The number of rotatable bonds is 6. The van der Waals surface area contributed by atoms with Crippen LogP contribution in [0.15, 0.2) is 47.4 Å². The van der Waals surface area contributed by atoms with Gasteiger partial charge in [0.25, 0.3) is 5.56 Å². The molecule has 170 valence electrons. The first kappa shape index (κ1) is 23.3. The fourth-order valence-electron chi connectivity index (χ4n) is 3.32. The van der Waals surface area contributed by atoms with Crippen molar-refractivity contribution in [2.24, 2.45) is 0 Å². The van der Waals surface area contributed by atoms with Gasteiger partial charge >= 0.3 is 6.18 Å². The molecule has 2 N–H and O–H groups in total. The second-order valence-electron chi connectivity index (χ2n) is 7.20. The zero-order valence-electron chi connectivity index (χ0n) is 17.2. The third-order valence-electron chi connectivity index (χ3n) is 5.00. The Kier molecular flexibility index (Phi) is 6.54. The molecule has 0 saturated heterocycles. The largest absolute Gasteiger partial charge is 0.495 e. The molecule has 0 fully saturated rings. The molecule has 32 heavy (non-hydrogen) atoms. The van der Waals surface area contributed by atoms with Crippen LogP contribution >= 0.6 is 0 Å². The van der Waals surface area contributed by atoms with Gasteiger partial charge in [-0.25, -0.2) is 4.39 Å². The predicted octanol–water partition coefficient (Wildman–Crippen LogP) is 3.90. The van der Waals surface area contributed by atoms with E-state index in [0.29, 0.717) is 17.5 Å². The van der Waals surface area contributed by atoms with Crippen molar-refractivity contribution in [3.8, 4) is 5.75 Å². The summed E-state index contributed by atoms with van der Waals surface area (Å²) in [5.74, 6) is -1.84. The lowest BCUT2D eigenvalue weighted by Crippen LogP contribution is -2.25. The minimum atomic E-state index is -4.83. The molecule has 0 aliphatic carbocycles. The van der Waals surface area contributed by atoms with Gasteiger partial charge in [-0.1, -0.05) is 6.07 Å². The quantitative estimate of drug-likeness (QED) is 0.556. The van der Waals surface area contributed by atoms with Crippen LogP contribution < -0.4 is 15.6 Å². The predicted molar refractivity (Wildman–Crippen MR) is 110 cm³/mol. The lowest BCUT2D eigenvalue weighted by atomic mass is 10.1. The second-order valence-corrected chi connectivity index (χ2v) is 7.20. The Bertz CT molecular complexity index is 1220. The van der Waals surface area contributed by atoms with E-state index in [1.54, 1.807) is 13.0 Å². The van der Waals surface area contributed by atoms with E-state index in [9.17, 15) is 32.3 Å². The van der Waals surface area contributed by atoms with Crippen LogP contribution in [0.4, 0.5) is 23.2 Å². The van der Waals surface area contributed by atoms with Gasteiger partial charge in [-0.3, -0.25) is 9.59 Å². The van der Waals surface area contributed by atoms with Crippen LogP contribution in [0.5, 0.6) is 5.75 Å². The smallest absolute Gasteiger partial charge is 0.419 e. The fraction of sp³-hybridized carbons (Fsp3) is 0.273. The maximum absolute atomic E-state index is 13.8. The highest BCUT2D eigenvalue weighted by Gasteiger charge is 2.34. The molecular weight excluding hydrogens is 432 g/mol. The molecule has 0 bridgehead atoms. The molecule has 2 aromatic carbocycles. The number of halogens is 4. The van der Waals surface area contributed by atoms with Crippen LogP contribution in [0.2, 0.25) is 0 Å². The monoisotopic (exact) mass is 452 g/mol. The number of pyridine rings is 1. The van der Waals surface area contributed by atoms with Crippen LogP contribution in [0.1, 0.15) is 24.1 Å². The van der Waals surface area contributed by atoms with Gasteiger partial charge in [0.05, 0.1) is 37.4 Å². The molecule has 0 saturated carbocycles. The number of alkyl halides is 3. The summed E-state index contributed by atoms with van der Waals surface area (Å²) >= 11 is 0. The third kappa shape index (κ3) is 4.59. The number of anilines is 1. The third-order valence-corrected chi connectivity index (χ3v) is 5.00. The standard InChI is InChI=1S/C22H20F4N2O4/c1-12(11-29)28-8-7-14-15(21(28)31)4-6-18(32-2)20(14)27-19(30)10-13-3-5-16(17(23)9-13)22(24,25)26/h3-9,12,29H,10-11H2,1-2H3,(H,27,30)/t12-/m1/s1. The van der Waals surface area contributed by atoms with Crippen LogP contribution in [-0.4, -0.2) is 29.3 Å². The van der Waals surface area contributed by atoms with Gasteiger partial charge in [0.2, 0.25) is 5.91 Å². The first-order valence-corrected chi connectivity index (χ1v) is 9.55. The van der Waals surface area contributed by atoms with Crippen molar-refractivity contribution < 1.29 is 32.2 Å². The number of nitrogens with zero attached hydrogens (tertiary/aromatic N) is 1. The normalized spacial score (nSPS) is 12.6. The number of hydrogen-bond acceptors (Lipinski definition) is 4. The number of ether oxygens (including phenoxy) is 1. The second kappa shape index (κ2) is 8.99. The van der Waals surface area contributed by atoms with Crippen LogP contribution in [-0.2, 0) is 17.4 Å². The number of hydrogen-bond donors (Lipinski definition) is 2. The van der Waals surface area contributed by atoms with Crippen molar-refractivity contribution in [2.45, 2.75) is 25.6 Å². The van der Waals surface area contributed by atoms with E-state index < -0.39 is 35.9 Å². The van der Waals surface area contributed by atoms with Gasteiger partial charge in [-0.15, -0.1) is 0 Å². The molecule has 0 spiro atoms. The van der Waals surface area contributed by atoms with Crippen LogP contribution in [0.25, 0.3) is 10.8 Å². The Hall–Kier alpha value is -3.40. The summed E-state index contributed by atoms with van der Waals surface area (Å²) in [5, 5.41) is 12.6. The number of benzene rings is 2. The van der Waals surface area contributed by atoms with Gasteiger partial charge in [-0.2, -0.15) is 13.2 Å². The first-order valence-electron chi connectivity index (χ1n) is 9.55. The Morgan fingerprint density at radius 2 is 1.91 bits per heavy atom. The number of amides is 1. The summed E-state index contributed by atoms with van der Waals surface area (Å²) in [6.07, 6.45) is -3.75. The Labute approximate surface area is 180 Å². The SMILES string of the molecule is COc1ccc2c(=O)n([C@H](C)CO)ccc2c1NC(=O)Cc1ccc(C(F)(F)F)c(F)c1. The van der Waals surface area contributed by atoms with Crippen LogP contribution in [0.3, 0.4) is 0 Å². The highest BCUT2D eigenvalue weighted by molar-refractivity contribution is 6.04. The van der Waals surface area contributed by atoms with E-state index in [1.807, 2.05) is 0 Å². The molecule has 1 aromatic heterocycles. The van der Waals surface area contributed by atoms with E-state index in [4.69, 9.17) is 4.74 Å². The number of carbonyl (C=O) groups excluding carboxylic acids is 1. The topological polar surface area (TPSA) is 80.6 Å². The first-order chi connectivity index (χ1) is 15.1. The van der Waals surface area contributed by atoms with Crippen molar-refractivity contribution in [1.29, 1.82) is 0 Å². The Balaban J connectivity index is 1.94. The van der Waals surface area contributed by atoms with E-state index in [2.05, 4.69) is 5.32 Å². The number of aliphatic hydroxyl groups excluding tert-OH is 1. The Morgan fingerprint density at radius 3 is 2.50 bits per heavy atom. The Morgan fingerprint density at radius 1 is 1.19 bits per heavy atom. The molecule has 0 unspecified atom stereocenters. The van der Waals surface area contributed by atoms with Gasteiger partial charge in [0.15, 0.2) is 0 Å². The minimum Gasteiger partial charge on any atom is -0.495 e. The summed E-state index contributed by atoms with van der Waals surface area (Å²) in [4.78, 5) is 25.3. The van der Waals surface area contributed by atoms with Gasteiger partial charge in [-0.05, 0) is 42.8 Å². The lowest BCUT2D eigenvalue weighted by Gasteiger charge is -2.17. The molecule has 0 radical (unpaired) electrons. The molecule has 1 heterocycles. The number of methoxy groups -OCH3 is 1. The molecule has 1 atom stereocenters. The maximum Gasteiger partial charge on any atom is 0.419 e. The van der Waals surface area contributed by atoms with Crippen molar-refractivity contribution >= 4 is 22.4 Å². The number of nitrogens with one attached hydrogen (secondary N) is 1. The van der Waals surface area contributed by atoms with Crippen molar-refractivity contribution in [3.63, 3.8) is 0 Å². The van der Waals surface area contributed by atoms with Crippen molar-refractivity contribution in [3.05, 3.63) is 69.9 Å². The van der Waals surface area contributed by atoms with Crippen LogP contribution in [0, 0.1) is 5.82 Å². The molecular formula is C22H20F4N2O4. The highest BCUT2D eigenvalue weighted by Crippen LogP contribution is 2.33. The van der Waals surface area contributed by atoms with Crippen molar-refractivity contribution in [2.75, 3.05) is 19.0 Å². The maximum atomic E-state index is 13.8. The summed E-state index contributed by atoms with van der Waals surface area (Å²) in [5.41, 5.74) is -1.55. The minimum absolute atomic E-state index is 0.0475. The van der Waals surface area contributed by atoms with Crippen molar-refractivity contribution in [1.82, 2.24) is 4.57 Å². The zero-order valence-corrected chi connectivity index (χ0v) is 17.2.